The fourth-order valence-electron chi connectivity index (χ4n) is 2.94. The second-order valence-electron chi connectivity index (χ2n) is 6.51. The third-order valence-corrected chi connectivity index (χ3v) is 4.42. The molecule has 7 nitrogen and oxygen atoms in total. The lowest BCUT2D eigenvalue weighted by Crippen LogP contribution is -2.11. The van der Waals surface area contributed by atoms with Gasteiger partial charge in [0.25, 0.3) is 0 Å². The SMILES string of the molecule is CCCOc1ccc(-c2ccc3ncc(-c4cncc(C(F)(F)F)c4N)n3n2)cn1. The molecular weight excluding hydrogens is 397 g/mol. The summed E-state index contributed by atoms with van der Waals surface area (Å²) in [5.74, 6) is 0.507. The van der Waals surface area contributed by atoms with E-state index >= 15 is 0 Å². The number of nitrogen functional groups attached to an aromatic ring is 1. The summed E-state index contributed by atoms with van der Waals surface area (Å²) in [4.78, 5) is 12.2. The van der Waals surface area contributed by atoms with Crippen molar-refractivity contribution in [3.8, 4) is 28.4 Å². The molecule has 4 heterocycles. The second-order valence-corrected chi connectivity index (χ2v) is 6.51. The van der Waals surface area contributed by atoms with Gasteiger partial charge >= 0.3 is 6.18 Å². The molecule has 0 unspecified atom stereocenters. The van der Waals surface area contributed by atoms with Gasteiger partial charge in [-0.05, 0) is 24.6 Å². The predicted molar refractivity (Wildman–Crippen MR) is 105 cm³/mol. The molecule has 0 atom stereocenters. The molecule has 0 radical (unpaired) electrons. The number of imidazole rings is 1. The van der Waals surface area contributed by atoms with Crippen LogP contribution in [0.2, 0.25) is 0 Å². The van der Waals surface area contributed by atoms with E-state index in [2.05, 4.69) is 20.1 Å². The number of ether oxygens (including phenoxy) is 1. The van der Waals surface area contributed by atoms with Gasteiger partial charge < -0.3 is 10.5 Å². The first kappa shape index (κ1) is 19.6. The van der Waals surface area contributed by atoms with Gasteiger partial charge in [0.1, 0.15) is 0 Å². The summed E-state index contributed by atoms with van der Waals surface area (Å²) >= 11 is 0. The monoisotopic (exact) mass is 414 g/mol. The average molecular weight is 414 g/mol. The summed E-state index contributed by atoms with van der Waals surface area (Å²) in [6.45, 7) is 2.57. The Kier molecular flexibility index (Phi) is 4.98. The molecule has 2 N–H and O–H groups in total. The minimum Gasteiger partial charge on any atom is -0.478 e. The number of nitrogens with zero attached hydrogens (tertiary/aromatic N) is 5. The number of anilines is 1. The van der Waals surface area contributed by atoms with E-state index in [0.717, 1.165) is 12.0 Å². The fraction of sp³-hybridized carbons (Fsp3) is 0.200. The van der Waals surface area contributed by atoms with Crippen molar-refractivity contribution in [3.63, 3.8) is 0 Å². The Bertz CT molecular complexity index is 1190. The van der Waals surface area contributed by atoms with Gasteiger partial charge in [-0.2, -0.15) is 18.3 Å². The van der Waals surface area contributed by atoms with Crippen LogP contribution < -0.4 is 10.5 Å². The highest BCUT2D eigenvalue weighted by Gasteiger charge is 2.34. The Labute approximate surface area is 169 Å². The highest BCUT2D eigenvalue weighted by atomic mass is 19.4. The van der Waals surface area contributed by atoms with Crippen LogP contribution in [0.3, 0.4) is 0 Å². The Hall–Kier alpha value is -3.69. The van der Waals surface area contributed by atoms with Crippen molar-refractivity contribution in [1.82, 2.24) is 24.6 Å². The van der Waals surface area contributed by atoms with Crippen molar-refractivity contribution in [2.45, 2.75) is 19.5 Å². The maximum atomic E-state index is 13.2. The Morgan fingerprint density at radius 1 is 1.03 bits per heavy atom. The molecule has 0 aromatic carbocycles. The molecule has 0 fully saturated rings. The summed E-state index contributed by atoms with van der Waals surface area (Å²) in [5.41, 5.74) is 6.52. The van der Waals surface area contributed by atoms with E-state index in [1.54, 1.807) is 24.4 Å². The lowest BCUT2D eigenvalue weighted by Gasteiger charge is -2.12. The van der Waals surface area contributed by atoms with Crippen molar-refractivity contribution in [3.05, 3.63) is 54.6 Å². The number of hydrogen-bond donors (Lipinski definition) is 1. The van der Waals surface area contributed by atoms with Crippen LogP contribution in [0, 0.1) is 0 Å². The summed E-state index contributed by atoms with van der Waals surface area (Å²) in [6.07, 6.45) is 1.27. The van der Waals surface area contributed by atoms with Crippen LogP contribution in [-0.2, 0) is 6.18 Å². The van der Waals surface area contributed by atoms with Crippen LogP contribution in [0.1, 0.15) is 18.9 Å². The third-order valence-electron chi connectivity index (χ3n) is 4.42. The normalized spacial score (nSPS) is 11.7. The van der Waals surface area contributed by atoms with Gasteiger partial charge in [0, 0.05) is 35.8 Å². The van der Waals surface area contributed by atoms with Gasteiger partial charge in [-0.1, -0.05) is 6.92 Å². The first-order valence-corrected chi connectivity index (χ1v) is 9.13. The average Bonchev–Trinajstić information content (AvgIpc) is 3.15. The van der Waals surface area contributed by atoms with Crippen molar-refractivity contribution in [2.24, 2.45) is 0 Å². The molecule has 154 valence electrons. The summed E-state index contributed by atoms with van der Waals surface area (Å²) in [5, 5.41) is 4.52. The van der Waals surface area contributed by atoms with E-state index in [9.17, 15) is 13.2 Å². The van der Waals surface area contributed by atoms with E-state index in [0.29, 0.717) is 35.7 Å². The van der Waals surface area contributed by atoms with Crippen LogP contribution in [0.4, 0.5) is 18.9 Å². The lowest BCUT2D eigenvalue weighted by atomic mass is 10.1. The third kappa shape index (κ3) is 3.63. The summed E-state index contributed by atoms with van der Waals surface area (Å²) in [7, 11) is 0. The molecule has 4 aromatic heterocycles. The van der Waals surface area contributed by atoms with Gasteiger partial charge in [-0.3, -0.25) is 4.98 Å². The Balaban J connectivity index is 1.76. The smallest absolute Gasteiger partial charge is 0.419 e. The zero-order chi connectivity index (χ0) is 21.3. The molecule has 0 amide bonds. The molecule has 4 rings (SSSR count). The standard InChI is InChI=1S/C20H17F3N6O/c1-2-7-30-18-6-3-12(8-27-18)15-4-5-17-26-11-16(29(17)28-15)13-9-25-10-14(19(13)24)20(21,22)23/h3-6,8-11H,2,7H2,1H3,(H2,24,25). The molecule has 0 saturated heterocycles. The number of aromatic nitrogens is 5. The minimum atomic E-state index is -4.61. The van der Waals surface area contributed by atoms with E-state index in [4.69, 9.17) is 10.5 Å². The molecule has 0 aliphatic carbocycles. The quantitative estimate of drug-likeness (QED) is 0.525. The maximum absolute atomic E-state index is 13.2. The maximum Gasteiger partial charge on any atom is 0.419 e. The summed E-state index contributed by atoms with van der Waals surface area (Å²) in [6, 6.07) is 7.01. The molecule has 0 aliphatic rings. The number of alkyl halides is 3. The molecule has 0 bridgehead atoms. The molecule has 10 heteroatoms. The minimum absolute atomic E-state index is 0.100. The Morgan fingerprint density at radius 2 is 1.87 bits per heavy atom. The second kappa shape index (κ2) is 7.62. The van der Waals surface area contributed by atoms with Crippen molar-refractivity contribution >= 4 is 11.3 Å². The van der Waals surface area contributed by atoms with E-state index in [1.165, 1.54) is 16.9 Å². The van der Waals surface area contributed by atoms with Gasteiger partial charge in [0.15, 0.2) is 5.65 Å². The number of pyridine rings is 2. The largest absolute Gasteiger partial charge is 0.478 e. The molecular formula is C20H17F3N6O. The molecule has 0 spiro atoms. The zero-order valence-corrected chi connectivity index (χ0v) is 15.9. The highest BCUT2D eigenvalue weighted by molar-refractivity contribution is 5.77. The predicted octanol–water partition coefficient (Wildman–Crippen LogP) is 4.24. The molecule has 0 aliphatic heterocycles. The van der Waals surface area contributed by atoms with Gasteiger partial charge in [0.05, 0.1) is 35.4 Å². The Morgan fingerprint density at radius 3 is 2.57 bits per heavy atom. The number of rotatable bonds is 5. The van der Waals surface area contributed by atoms with E-state index < -0.39 is 17.4 Å². The number of fused-ring (bicyclic) bond motifs is 1. The van der Waals surface area contributed by atoms with Crippen LogP contribution in [0.25, 0.3) is 28.2 Å². The van der Waals surface area contributed by atoms with Gasteiger partial charge in [-0.15, -0.1) is 0 Å². The van der Waals surface area contributed by atoms with Gasteiger partial charge in [0.2, 0.25) is 5.88 Å². The topological polar surface area (TPSA) is 91.2 Å². The van der Waals surface area contributed by atoms with E-state index in [-0.39, 0.29) is 5.56 Å². The molecule has 0 saturated carbocycles. The fourth-order valence-corrected chi connectivity index (χ4v) is 2.94. The number of nitrogens with two attached hydrogens (primary N) is 1. The number of hydrogen-bond acceptors (Lipinski definition) is 6. The van der Waals surface area contributed by atoms with Crippen molar-refractivity contribution in [2.75, 3.05) is 12.3 Å². The van der Waals surface area contributed by atoms with Crippen LogP contribution in [0.5, 0.6) is 5.88 Å². The molecule has 4 aromatic rings. The summed E-state index contributed by atoms with van der Waals surface area (Å²) < 4.78 is 46.5. The van der Waals surface area contributed by atoms with Crippen molar-refractivity contribution < 1.29 is 17.9 Å². The van der Waals surface area contributed by atoms with Gasteiger partial charge in [-0.25, -0.2) is 14.5 Å². The number of halogens is 3. The lowest BCUT2D eigenvalue weighted by molar-refractivity contribution is -0.137. The highest BCUT2D eigenvalue weighted by Crippen LogP contribution is 2.37. The van der Waals surface area contributed by atoms with E-state index in [1.807, 2.05) is 13.0 Å². The molecule has 30 heavy (non-hydrogen) atoms. The van der Waals surface area contributed by atoms with Crippen molar-refractivity contribution in [1.29, 1.82) is 0 Å². The first-order chi connectivity index (χ1) is 14.4. The van der Waals surface area contributed by atoms with Crippen LogP contribution in [-0.4, -0.2) is 31.2 Å². The van der Waals surface area contributed by atoms with Crippen LogP contribution in [0.15, 0.2) is 49.1 Å². The first-order valence-electron chi connectivity index (χ1n) is 9.13. The van der Waals surface area contributed by atoms with Crippen LogP contribution >= 0.6 is 0 Å². The zero-order valence-electron chi connectivity index (χ0n) is 15.9.